The second kappa shape index (κ2) is 5.71. The molecule has 0 bridgehead atoms. The third-order valence-corrected chi connectivity index (χ3v) is 3.37. The van der Waals surface area contributed by atoms with Gasteiger partial charge in [0.2, 0.25) is 0 Å². The lowest BCUT2D eigenvalue weighted by Crippen LogP contribution is -1.83. The molecule has 2 aromatic carbocycles. The Kier molecular flexibility index (Phi) is 4.00. The van der Waals surface area contributed by atoms with E-state index in [-0.39, 0.29) is 5.82 Å². The topological polar surface area (TPSA) is 0 Å². The predicted octanol–water partition coefficient (Wildman–Crippen LogP) is 4.26. The van der Waals surface area contributed by atoms with E-state index in [1.165, 1.54) is 23.3 Å². The largest absolute Gasteiger partial charge is 0.207 e. The van der Waals surface area contributed by atoms with Crippen molar-refractivity contribution in [1.82, 2.24) is 0 Å². The highest BCUT2D eigenvalue weighted by molar-refractivity contribution is 7.97. The van der Waals surface area contributed by atoms with Crippen molar-refractivity contribution in [2.24, 2.45) is 0 Å². The molecule has 0 atom stereocenters. The van der Waals surface area contributed by atoms with Gasteiger partial charge in [0.15, 0.2) is 0 Å². The molecule has 0 spiro atoms. The minimum Gasteiger partial charge on any atom is -0.207 e. The normalized spacial score (nSPS) is 10.3. The van der Waals surface area contributed by atoms with Crippen LogP contribution in [0.15, 0.2) is 54.6 Å². The lowest BCUT2D eigenvalue weighted by molar-refractivity contribution is 0.627. The van der Waals surface area contributed by atoms with Crippen molar-refractivity contribution < 1.29 is 4.39 Å². The van der Waals surface area contributed by atoms with E-state index in [9.17, 15) is 4.39 Å². The Morgan fingerprint density at radius 1 is 0.750 bits per heavy atom. The molecule has 0 aliphatic heterocycles. The van der Waals surface area contributed by atoms with Gasteiger partial charge in [-0.2, -0.15) is 11.8 Å². The first-order valence-electron chi connectivity index (χ1n) is 5.21. The molecular weight excluding hydrogens is 219 g/mol. The molecule has 16 heavy (non-hydrogen) atoms. The maximum Gasteiger partial charge on any atom is 0.123 e. The van der Waals surface area contributed by atoms with Gasteiger partial charge in [-0.1, -0.05) is 42.5 Å². The first-order valence-corrected chi connectivity index (χ1v) is 6.36. The van der Waals surface area contributed by atoms with E-state index >= 15 is 0 Å². The summed E-state index contributed by atoms with van der Waals surface area (Å²) in [7, 11) is 0. The highest BCUT2D eigenvalue weighted by Crippen LogP contribution is 2.17. The first-order chi connectivity index (χ1) is 7.84. The van der Waals surface area contributed by atoms with Gasteiger partial charge in [0.25, 0.3) is 0 Å². The fourth-order valence-corrected chi connectivity index (χ4v) is 2.40. The molecule has 0 aliphatic rings. The second-order valence-corrected chi connectivity index (χ2v) is 4.59. The van der Waals surface area contributed by atoms with Crippen molar-refractivity contribution in [3.8, 4) is 0 Å². The molecule has 0 aliphatic carbocycles. The fourth-order valence-electron chi connectivity index (χ4n) is 1.44. The van der Waals surface area contributed by atoms with Crippen LogP contribution in [0.4, 0.5) is 4.39 Å². The maximum atomic E-state index is 12.7. The van der Waals surface area contributed by atoms with E-state index in [1.807, 2.05) is 42.1 Å². The SMILES string of the molecule is Fc1ccc(CSCc2ccccc2)cc1. The van der Waals surface area contributed by atoms with Crippen LogP contribution in [0.25, 0.3) is 0 Å². The molecule has 0 heterocycles. The minimum absolute atomic E-state index is 0.170. The molecule has 2 aromatic rings. The highest BCUT2D eigenvalue weighted by Gasteiger charge is 1.95. The Morgan fingerprint density at radius 3 is 1.94 bits per heavy atom. The molecule has 2 rings (SSSR count). The molecule has 82 valence electrons. The summed E-state index contributed by atoms with van der Waals surface area (Å²) < 4.78 is 12.7. The van der Waals surface area contributed by atoms with E-state index < -0.39 is 0 Å². The summed E-state index contributed by atoms with van der Waals surface area (Å²) in [4.78, 5) is 0. The van der Waals surface area contributed by atoms with Gasteiger partial charge >= 0.3 is 0 Å². The van der Waals surface area contributed by atoms with E-state index in [2.05, 4.69) is 12.1 Å². The lowest BCUT2D eigenvalue weighted by Gasteiger charge is -2.02. The van der Waals surface area contributed by atoms with Crippen molar-refractivity contribution in [3.05, 3.63) is 71.5 Å². The van der Waals surface area contributed by atoms with Crippen LogP contribution in [0.2, 0.25) is 0 Å². The second-order valence-electron chi connectivity index (χ2n) is 3.60. The molecule has 0 fully saturated rings. The first kappa shape index (κ1) is 11.2. The Labute approximate surface area is 99.5 Å². The van der Waals surface area contributed by atoms with Gasteiger partial charge in [-0.3, -0.25) is 0 Å². The fraction of sp³-hybridized carbons (Fsp3) is 0.143. The monoisotopic (exact) mass is 232 g/mol. The Balaban J connectivity index is 1.82. The summed E-state index contributed by atoms with van der Waals surface area (Å²) in [5, 5.41) is 0. The lowest BCUT2D eigenvalue weighted by atomic mass is 10.2. The van der Waals surface area contributed by atoms with Crippen LogP contribution in [0.3, 0.4) is 0 Å². The van der Waals surface area contributed by atoms with Gasteiger partial charge in [-0.25, -0.2) is 4.39 Å². The molecule has 0 radical (unpaired) electrons. The van der Waals surface area contributed by atoms with Crippen molar-refractivity contribution in [2.75, 3.05) is 0 Å². The van der Waals surface area contributed by atoms with Gasteiger partial charge in [0.1, 0.15) is 5.82 Å². The van der Waals surface area contributed by atoms with Crippen LogP contribution in [0.1, 0.15) is 11.1 Å². The maximum absolute atomic E-state index is 12.7. The number of benzene rings is 2. The Bertz CT molecular complexity index is 422. The number of rotatable bonds is 4. The summed E-state index contributed by atoms with van der Waals surface area (Å²) in [6.07, 6.45) is 0. The molecule has 0 amide bonds. The smallest absolute Gasteiger partial charge is 0.123 e. The summed E-state index contributed by atoms with van der Waals surface area (Å²) in [5.74, 6) is 1.75. The standard InChI is InChI=1S/C14H13FS/c15-14-8-6-13(7-9-14)11-16-10-12-4-2-1-3-5-12/h1-9H,10-11H2. The van der Waals surface area contributed by atoms with E-state index in [0.29, 0.717) is 0 Å². The molecular formula is C14H13FS. The molecule has 0 saturated heterocycles. The van der Waals surface area contributed by atoms with E-state index in [4.69, 9.17) is 0 Å². The quantitative estimate of drug-likeness (QED) is 0.759. The van der Waals surface area contributed by atoms with Crippen LogP contribution in [-0.4, -0.2) is 0 Å². The van der Waals surface area contributed by atoms with Crippen molar-refractivity contribution in [3.63, 3.8) is 0 Å². The van der Waals surface area contributed by atoms with Gasteiger partial charge < -0.3 is 0 Å². The number of hydrogen-bond acceptors (Lipinski definition) is 1. The average molecular weight is 232 g/mol. The third-order valence-electron chi connectivity index (χ3n) is 2.29. The zero-order valence-corrected chi connectivity index (χ0v) is 9.71. The molecule has 2 heteroatoms. The zero-order chi connectivity index (χ0) is 11.2. The molecule has 0 saturated carbocycles. The van der Waals surface area contributed by atoms with E-state index in [0.717, 1.165) is 11.5 Å². The molecule has 0 aromatic heterocycles. The van der Waals surface area contributed by atoms with Gasteiger partial charge in [-0.15, -0.1) is 0 Å². The highest BCUT2D eigenvalue weighted by atomic mass is 32.2. The van der Waals surface area contributed by atoms with Gasteiger partial charge in [0.05, 0.1) is 0 Å². The zero-order valence-electron chi connectivity index (χ0n) is 8.90. The Morgan fingerprint density at radius 2 is 1.31 bits per heavy atom. The summed E-state index contributed by atoms with van der Waals surface area (Å²) in [6.45, 7) is 0. The van der Waals surface area contributed by atoms with Crippen molar-refractivity contribution in [1.29, 1.82) is 0 Å². The van der Waals surface area contributed by atoms with Crippen molar-refractivity contribution in [2.45, 2.75) is 11.5 Å². The van der Waals surface area contributed by atoms with E-state index in [1.54, 1.807) is 0 Å². The van der Waals surface area contributed by atoms with Gasteiger partial charge in [-0.05, 0) is 23.3 Å². The van der Waals surface area contributed by atoms with Gasteiger partial charge in [0, 0.05) is 11.5 Å². The molecule has 0 N–H and O–H groups in total. The minimum atomic E-state index is -0.170. The average Bonchev–Trinajstić information content (AvgIpc) is 2.33. The summed E-state index contributed by atoms with van der Waals surface area (Å²) in [5.41, 5.74) is 2.50. The number of thioether (sulfide) groups is 1. The number of halogens is 1. The van der Waals surface area contributed by atoms with Crippen molar-refractivity contribution >= 4 is 11.8 Å². The van der Waals surface area contributed by atoms with Crippen LogP contribution < -0.4 is 0 Å². The van der Waals surface area contributed by atoms with Crippen LogP contribution >= 0.6 is 11.8 Å². The van der Waals surface area contributed by atoms with Crippen LogP contribution in [0, 0.1) is 5.82 Å². The summed E-state index contributed by atoms with van der Waals surface area (Å²) >= 11 is 1.84. The van der Waals surface area contributed by atoms with Crippen LogP contribution in [0.5, 0.6) is 0 Å². The van der Waals surface area contributed by atoms with Crippen LogP contribution in [-0.2, 0) is 11.5 Å². The molecule has 0 nitrogen and oxygen atoms in total. The molecule has 0 unspecified atom stereocenters. The summed E-state index contributed by atoms with van der Waals surface area (Å²) in [6, 6.07) is 17.1. The predicted molar refractivity (Wildman–Crippen MR) is 67.8 cm³/mol. The number of hydrogen-bond donors (Lipinski definition) is 0. The Hall–Kier alpha value is -1.28. The third kappa shape index (κ3) is 3.38.